The smallest absolute Gasteiger partial charge is 0.155 e. The first kappa shape index (κ1) is 102. The zero-order valence-corrected chi connectivity index (χ0v) is 80.2. The van der Waals surface area contributed by atoms with Gasteiger partial charge in [0.15, 0.2) is 17.3 Å². The molecule has 0 aliphatic carbocycles. The number of hydrogen-bond acceptors (Lipinski definition) is 12. The van der Waals surface area contributed by atoms with Crippen LogP contribution in [-0.4, -0.2) is 62.6 Å². The van der Waals surface area contributed by atoms with Gasteiger partial charge in [-0.3, -0.25) is 34.3 Å². The fourth-order valence-corrected chi connectivity index (χ4v) is 11.8. The van der Waals surface area contributed by atoms with Crippen LogP contribution in [0.3, 0.4) is 0 Å². The number of para-hydroxylation sites is 4. The normalized spacial score (nSPS) is 10.3. The van der Waals surface area contributed by atoms with Gasteiger partial charge in [-0.15, -0.1) is 208 Å². The zero-order valence-electron chi connectivity index (χ0n) is 68.2. The molecule has 123 heavy (non-hydrogen) atoms. The number of aromatic nitrogens is 6. The summed E-state index contributed by atoms with van der Waals surface area (Å²) in [6.45, 7) is 10.6. The molecule has 0 spiro atoms. The molecule has 3 N–H and O–H groups in total. The number of ketones is 3. The first-order chi connectivity index (χ1) is 57.4. The Morgan fingerprint density at radius 2 is 0.585 bits per heavy atom. The van der Waals surface area contributed by atoms with Crippen LogP contribution in [0.5, 0.6) is 0 Å². The van der Waals surface area contributed by atoms with E-state index in [-0.39, 0.29) is 135 Å². The summed E-state index contributed by atoms with van der Waals surface area (Å²) in [5.74, 6) is -0.187. The zero-order chi connectivity index (χ0) is 83.2. The maximum absolute atomic E-state index is 10.0. The Balaban J connectivity index is 0.000000250. The Bertz CT molecular complexity index is 5940. The monoisotopic (exact) mass is 2500 g/mol. The first-order valence-electron chi connectivity index (χ1n) is 38.0. The molecule has 6 heterocycles. The molecule has 18 rings (SSSR count). The van der Waals surface area contributed by atoms with Crippen molar-refractivity contribution in [1.29, 1.82) is 0 Å². The summed E-state index contributed by atoms with van der Waals surface area (Å²) in [5.41, 5.74) is 17.4. The van der Waals surface area contributed by atoms with E-state index in [4.69, 9.17) is 20.3 Å². The van der Waals surface area contributed by atoms with Gasteiger partial charge in [-0.25, -0.2) is 0 Å². The molecule has 0 atom stereocenters. The fourth-order valence-electron chi connectivity index (χ4n) is 11.8. The quantitative estimate of drug-likeness (QED) is 0.0706. The number of carbonyl (C=O) groups is 3. The summed E-state index contributed by atoms with van der Waals surface area (Å²) >= 11 is 0. The van der Waals surface area contributed by atoms with Crippen molar-refractivity contribution in [1.82, 2.24) is 29.9 Å². The standard InChI is InChI=1S/C19H12N.C16H12N.3C15H10N.C11H8N.3C5H8O2.5Ir/c1-2-7-16-13-17(10-9-14(16)5-1)19-12-11-15-6-3-4-8-18(15)20-19;1-12-6-2-4-8-14(12)16-11-10-13-7-3-5-9-15(13)17-16;1-2-6-12(7-3-1)15-10-13-8-4-5-9-14(13)11-16-15;2*1-2-6-12(7-3-1)15-11-10-13-8-4-5-9-14(13)16-15;1-2-6-10(7-3-1)11-8-4-5-9-12-11;3*1-4(6)3-5(2)7;;;;;/h1-9,11-13H;2-7,9-11H,1H3;3*1-6,8-11H;1-6,8-9H;3*3,6H,1-2H3;;;;;/q6*-1;;;;;;;;. The molecule has 12 nitrogen and oxygen atoms in total. The molecule has 0 saturated heterocycles. The molecule has 12 aromatic carbocycles. The molecular weight excluding hydrogens is 2410 g/mol. The van der Waals surface area contributed by atoms with Crippen molar-refractivity contribution in [2.45, 2.75) is 48.5 Å². The van der Waals surface area contributed by atoms with Crippen molar-refractivity contribution in [3.8, 4) is 67.5 Å². The van der Waals surface area contributed by atoms with E-state index in [9.17, 15) is 14.4 Å². The largest absolute Gasteiger partial charge is 0.512 e. The van der Waals surface area contributed by atoms with Gasteiger partial charge in [0.25, 0.3) is 0 Å². The number of fused-ring (bicyclic) bond motifs is 6. The molecular formula is C106H86Ir5N6O6-6. The summed E-state index contributed by atoms with van der Waals surface area (Å²) in [6, 6.07) is 135. The van der Waals surface area contributed by atoms with Crippen LogP contribution in [0.1, 0.15) is 47.1 Å². The van der Waals surface area contributed by atoms with E-state index in [0.29, 0.717) is 0 Å². The Labute approximate surface area is 787 Å². The van der Waals surface area contributed by atoms with Crippen LogP contribution in [-0.2, 0) is 115 Å². The van der Waals surface area contributed by atoms with Crippen LogP contribution in [0.2, 0.25) is 0 Å². The summed E-state index contributed by atoms with van der Waals surface area (Å²) < 4.78 is 0. The van der Waals surface area contributed by atoms with Crippen molar-refractivity contribution >= 4 is 82.5 Å². The van der Waals surface area contributed by atoms with Gasteiger partial charge in [0.1, 0.15) is 0 Å². The van der Waals surface area contributed by atoms with E-state index in [0.717, 1.165) is 95.0 Å². The predicted octanol–water partition coefficient (Wildman–Crippen LogP) is 25.6. The summed E-state index contributed by atoms with van der Waals surface area (Å²) in [5, 5.41) is 34.6. The van der Waals surface area contributed by atoms with Gasteiger partial charge in [0.2, 0.25) is 0 Å². The molecule has 0 unspecified atom stereocenters. The average Bonchev–Trinajstić information content (AvgIpc) is 0.783. The minimum atomic E-state index is -0.125. The Morgan fingerprint density at radius 1 is 0.268 bits per heavy atom. The molecule has 5 radical (unpaired) electrons. The number of aliphatic hydroxyl groups excluding tert-OH is 3. The minimum Gasteiger partial charge on any atom is -0.512 e. The SMILES string of the molecule is CC(=O)C=C(C)O.CC(=O)C=C(C)O.CC(=O)C=C(C)O.Cc1ccc[c-]c1-c1ccc2ccccc2n1.[Ir].[Ir].[Ir].[Ir].[Ir].[c-]1cc2ccccc2cc1-c1ccc2ccccc2n1.[c-]1ccccc1-c1cc2ccccc2cn1.[c-]1ccccc1-c1ccc2ccccc2n1.[c-]1ccccc1-c1ccc2ccccc2n1.[c-]1ccccc1-c1ccccn1. The van der Waals surface area contributed by atoms with E-state index >= 15 is 0 Å². The van der Waals surface area contributed by atoms with Gasteiger partial charge in [0.05, 0.1) is 39.3 Å². The summed E-state index contributed by atoms with van der Waals surface area (Å²) in [7, 11) is 0. The van der Waals surface area contributed by atoms with Crippen LogP contribution in [0.25, 0.3) is 133 Å². The second-order valence-electron chi connectivity index (χ2n) is 26.7. The number of aliphatic hydroxyl groups is 3. The van der Waals surface area contributed by atoms with E-state index in [1.165, 1.54) is 103 Å². The number of aryl methyl sites for hydroxylation is 1. The molecule has 0 aliphatic heterocycles. The third-order valence-electron chi connectivity index (χ3n) is 17.1. The van der Waals surface area contributed by atoms with E-state index < -0.39 is 0 Å². The Hall–Kier alpha value is -12.0. The van der Waals surface area contributed by atoms with Crippen molar-refractivity contribution in [2.75, 3.05) is 0 Å². The van der Waals surface area contributed by atoms with Gasteiger partial charge >= 0.3 is 0 Å². The number of carbonyl (C=O) groups excluding carboxylic acids is 3. The van der Waals surface area contributed by atoms with Crippen molar-refractivity contribution < 1.29 is 130 Å². The predicted molar refractivity (Wildman–Crippen MR) is 482 cm³/mol. The molecule has 627 valence electrons. The number of pyridine rings is 6. The van der Waals surface area contributed by atoms with Crippen LogP contribution in [0, 0.1) is 43.3 Å². The number of nitrogens with zero attached hydrogens (tertiary/aromatic N) is 6. The Morgan fingerprint density at radius 3 is 0.943 bits per heavy atom. The Kier molecular flexibility index (Phi) is 44.9. The third-order valence-corrected chi connectivity index (χ3v) is 17.1. The van der Waals surface area contributed by atoms with E-state index in [2.05, 4.69) is 177 Å². The van der Waals surface area contributed by atoms with Crippen molar-refractivity contribution in [3.05, 3.63) is 436 Å². The van der Waals surface area contributed by atoms with Crippen LogP contribution in [0.4, 0.5) is 0 Å². The summed E-state index contributed by atoms with van der Waals surface area (Å²) in [4.78, 5) is 57.3. The van der Waals surface area contributed by atoms with Crippen molar-refractivity contribution in [2.24, 2.45) is 0 Å². The van der Waals surface area contributed by atoms with Gasteiger partial charge in [-0.05, 0) is 138 Å². The molecule has 0 aliphatic rings. The van der Waals surface area contributed by atoms with E-state index in [1.54, 1.807) is 6.20 Å². The van der Waals surface area contributed by atoms with Gasteiger partial charge < -0.3 is 25.3 Å². The second kappa shape index (κ2) is 54.4. The molecule has 0 amide bonds. The number of allylic oxidation sites excluding steroid dienone is 6. The van der Waals surface area contributed by atoms with Crippen molar-refractivity contribution in [3.63, 3.8) is 0 Å². The van der Waals surface area contributed by atoms with Crippen LogP contribution < -0.4 is 0 Å². The summed E-state index contributed by atoms with van der Waals surface area (Å²) in [6.07, 6.45) is 7.20. The second-order valence-corrected chi connectivity index (χ2v) is 26.7. The number of rotatable bonds is 9. The maximum Gasteiger partial charge on any atom is 0.155 e. The molecule has 18 aromatic rings. The fraction of sp³-hybridized carbons (Fsp3) is 0.0660. The van der Waals surface area contributed by atoms with E-state index in [1.807, 2.05) is 243 Å². The van der Waals surface area contributed by atoms with Gasteiger partial charge in [-0.2, -0.15) is 0 Å². The molecule has 6 aromatic heterocycles. The maximum atomic E-state index is 10.0. The molecule has 17 heteroatoms. The minimum absolute atomic E-state index is 0. The number of hydrogen-bond donors (Lipinski definition) is 3. The topological polar surface area (TPSA) is 189 Å². The van der Waals surface area contributed by atoms with Gasteiger partial charge in [-0.1, -0.05) is 200 Å². The van der Waals surface area contributed by atoms with Crippen LogP contribution in [0.15, 0.2) is 394 Å². The molecule has 0 fully saturated rings. The average molecular weight is 2500 g/mol. The number of benzene rings is 12. The first-order valence-corrected chi connectivity index (χ1v) is 38.0. The van der Waals surface area contributed by atoms with Gasteiger partial charge in [0, 0.05) is 131 Å². The molecule has 0 saturated carbocycles. The molecule has 0 bridgehead atoms. The van der Waals surface area contributed by atoms with Crippen LogP contribution >= 0.6 is 0 Å². The third kappa shape index (κ3) is 33.7.